The van der Waals surface area contributed by atoms with E-state index in [2.05, 4.69) is 25.1 Å². The van der Waals surface area contributed by atoms with Gasteiger partial charge >= 0.3 is 17.8 Å². The zero-order chi connectivity index (χ0) is 22.4. The Morgan fingerprint density at radius 2 is 1.97 bits per heavy atom. The molecule has 0 aliphatic carbocycles. The van der Waals surface area contributed by atoms with E-state index in [1.165, 1.54) is 0 Å². The van der Waals surface area contributed by atoms with Gasteiger partial charge in [-0.2, -0.15) is 0 Å². The fourth-order valence-electron chi connectivity index (χ4n) is 4.47. The summed E-state index contributed by atoms with van der Waals surface area (Å²) in [4.78, 5) is 33.8. The molecular weight excluding hydrogens is 427 g/mol. The molecule has 1 fully saturated rings. The van der Waals surface area contributed by atoms with Crippen molar-refractivity contribution in [2.45, 2.75) is 31.5 Å². The Balaban J connectivity index is 1.34. The number of hydrogen-bond acceptors (Lipinski definition) is 8. The van der Waals surface area contributed by atoms with Crippen molar-refractivity contribution in [3.05, 3.63) is 59.9 Å². The number of carbonyl (C=O) groups is 1. The standard InChI is InChI=1S/C22H21FN8O2/c23-14-5-8-30(9-6-14)22-29-28-20(33-22)21(32)31-10-7-16-17(26-12-25-16)18(31)19-24-11-13-3-1-2-4-15(13)27-19/h1-4,11-12,14,18H,5-10H2,(H,25,26)/t18-/m1/s1. The third kappa shape index (κ3) is 3.49. The first-order chi connectivity index (χ1) is 16.2. The fraction of sp³-hybridized carbons (Fsp3) is 0.364. The van der Waals surface area contributed by atoms with Crippen LogP contribution in [0.1, 0.15) is 46.8 Å². The second kappa shape index (κ2) is 7.91. The van der Waals surface area contributed by atoms with E-state index in [1.54, 1.807) is 17.4 Å². The Bertz CT molecular complexity index is 1310. The van der Waals surface area contributed by atoms with E-state index >= 15 is 0 Å². The van der Waals surface area contributed by atoms with E-state index < -0.39 is 18.1 Å². The Hall–Kier alpha value is -3.89. The van der Waals surface area contributed by atoms with Crippen LogP contribution in [0.5, 0.6) is 0 Å². The average molecular weight is 448 g/mol. The smallest absolute Gasteiger partial charge is 0.318 e. The predicted molar refractivity (Wildman–Crippen MR) is 115 cm³/mol. The molecule has 10 nitrogen and oxygen atoms in total. The maximum absolute atomic E-state index is 13.5. The van der Waals surface area contributed by atoms with Crippen molar-refractivity contribution >= 4 is 22.8 Å². The van der Waals surface area contributed by atoms with Crippen LogP contribution < -0.4 is 4.90 Å². The Morgan fingerprint density at radius 1 is 1.12 bits per heavy atom. The van der Waals surface area contributed by atoms with Crippen molar-refractivity contribution in [1.82, 2.24) is 35.0 Å². The molecule has 4 aromatic rings. The summed E-state index contributed by atoms with van der Waals surface area (Å²) in [5, 5.41) is 8.95. The molecule has 1 N–H and O–H groups in total. The molecule has 1 saturated heterocycles. The number of nitrogens with one attached hydrogen (secondary N) is 1. The van der Waals surface area contributed by atoms with Gasteiger partial charge in [-0.3, -0.25) is 4.79 Å². The number of imidazole rings is 1. The number of nitrogens with zero attached hydrogens (tertiary/aromatic N) is 7. The minimum absolute atomic E-state index is 0.114. The van der Waals surface area contributed by atoms with Crippen LogP contribution in [-0.4, -0.2) is 66.7 Å². The topological polar surface area (TPSA) is 117 Å². The number of alkyl halides is 1. The molecule has 1 atom stereocenters. The fourth-order valence-corrected chi connectivity index (χ4v) is 4.47. The molecule has 0 saturated carbocycles. The van der Waals surface area contributed by atoms with Gasteiger partial charge in [0.15, 0.2) is 5.82 Å². The lowest BCUT2D eigenvalue weighted by atomic mass is 10.0. The Labute approximate surface area is 187 Å². The number of hydrogen-bond donors (Lipinski definition) is 1. The number of para-hydroxylation sites is 1. The normalized spacial score (nSPS) is 19.1. The summed E-state index contributed by atoms with van der Waals surface area (Å²) in [5.41, 5.74) is 2.43. The molecule has 0 bridgehead atoms. The number of rotatable bonds is 3. The summed E-state index contributed by atoms with van der Waals surface area (Å²) in [6.07, 6.45) is 3.97. The van der Waals surface area contributed by atoms with Crippen molar-refractivity contribution < 1.29 is 13.6 Å². The van der Waals surface area contributed by atoms with Crippen LogP contribution in [0.25, 0.3) is 10.9 Å². The lowest BCUT2D eigenvalue weighted by Crippen LogP contribution is -2.41. The van der Waals surface area contributed by atoms with E-state index in [0.717, 1.165) is 16.6 Å². The summed E-state index contributed by atoms with van der Waals surface area (Å²) in [6, 6.07) is 7.34. The molecule has 168 valence electrons. The highest BCUT2D eigenvalue weighted by Crippen LogP contribution is 2.33. The molecular formula is C22H21FN8O2. The largest absolute Gasteiger partial charge is 0.399 e. The van der Waals surface area contributed by atoms with E-state index in [0.29, 0.717) is 50.4 Å². The number of H-pyrrole nitrogens is 1. The molecule has 1 amide bonds. The van der Waals surface area contributed by atoms with Crippen LogP contribution in [0.2, 0.25) is 0 Å². The van der Waals surface area contributed by atoms with E-state index in [9.17, 15) is 9.18 Å². The molecule has 1 aromatic carbocycles. The Morgan fingerprint density at radius 3 is 2.85 bits per heavy atom. The third-order valence-electron chi connectivity index (χ3n) is 6.23. The number of fused-ring (bicyclic) bond motifs is 2. The maximum Gasteiger partial charge on any atom is 0.318 e. The molecule has 2 aliphatic heterocycles. The zero-order valence-electron chi connectivity index (χ0n) is 17.7. The number of halogens is 1. The summed E-state index contributed by atoms with van der Waals surface area (Å²) in [6.45, 7) is 1.37. The van der Waals surface area contributed by atoms with Gasteiger partial charge in [-0.1, -0.05) is 23.3 Å². The first-order valence-electron chi connectivity index (χ1n) is 10.9. The van der Waals surface area contributed by atoms with Crippen LogP contribution >= 0.6 is 0 Å². The summed E-state index contributed by atoms with van der Waals surface area (Å²) >= 11 is 0. The van der Waals surface area contributed by atoms with Gasteiger partial charge in [0.05, 0.1) is 17.5 Å². The molecule has 5 heterocycles. The average Bonchev–Trinajstić information content (AvgIpc) is 3.53. The monoisotopic (exact) mass is 448 g/mol. The number of carbonyl (C=O) groups excluding carboxylic acids is 1. The number of amides is 1. The van der Waals surface area contributed by atoms with Crippen molar-refractivity contribution in [1.29, 1.82) is 0 Å². The van der Waals surface area contributed by atoms with Crippen LogP contribution in [0.4, 0.5) is 10.4 Å². The van der Waals surface area contributed by atoms with Gasteiger partial charge in [-0.25, -0.2) is 19.3 Å². The van der Waals surface area contributed by atoms with Gasteiger partial charge in [0.2, 0.25) is 0 Å². The molecule has 2 aliphatic rings. The second-order valence-electron chi connectivity index (χ2n) is 8.26. The van der Waals surface area contributed by atoms with Crippen molar-refractivity contribution in [2.24, 2.45) is 0 Å². The number of piperidine rings is 1. The number of benzene rings is 1. The van der Waals surface area contributed by atoms with Crippen LogP contribution in [0.15, 0.2) is 41.2 Å². The number of aromatic amines is 1. The van der Waals surface area contributed by atoms with Crippen molar-refractivity contribution in [3.63, 3.8) is 0 Å². The SMILES string of the molecule is O=C(c1nnc(N2CCC(F)CC2)o1)N1CCc2[nH]cnc2[C@@H]1c1ncc2ccccc2n1. The molecule has 6 rings (SSSR count). The Kier molecular flexibility index (Phi) is 4.74. The highest BCUT2D eigenvalue weighted by atomic mass is 19.1. The van der Waals surface area contributed by atoms with Crippen molar-refractivity contribution in [2.75, 3.05) is 24.5 Å². The quantitative estimate of drug-likeness (QED) is 0.508. The van der Waals surface area contributed by atoms with E-state index in [-0.39, 0.29) is 11.9 Å². The molecule has 33 heavy (non-hydrogen) atoms. The van der Waals surface area contributed by atoms with E-state index in [4.69, 9.17) is 9.40 Å². The molecule has 0 radical (unpaired) electrons. The molecule has 11 heteroatoms. The van der Waals surface area contributed by atoms with Gasteiger partial charge in [0, 0.05) is 43.3 Å². The first-order valence-corrected chi connectivity index (χ1v) is 10.9. The lowest BCUT2D eigenvalue weighted by molar-refractivity contribution is 0.0643. The van der Waals surface area contributed by atoms with Gasteiger partial charge in [0.1, 0.15) is 12.2 Å². The molecule has 3 aromatic heterocycles. The highest BCUT2D eigenvalue weighted by Gasteiger charge is 2.38. The summed E-state index contributed by atoms with van der Waals surface area (Å²) < 4.78 is 19.2. The minimum atomic E-state index is -0.815. The third-order valence-corrected chi connectivity index (χ3v) is 6.23. The van der Waals surface area contributed by atoms with Crippen LogP contribution in [0.3, 0.4) is 0 Å². The summed E-state index contributed by atoms with van der Waals surface area (Å²) in [7, 11) is 0. The van der Waals surface area contributed by atoms with Gasteiger partial charge in [-0.15, -0.1) is 5.10 Å². The number of anilines is 1. The molecule has 0 unspecified atom stereocenters. The van der Waals surface area contributed by atoms with E-state index in [1.807, 2.05) is 29.2 Å². The minimum Gasteiger partial charge on any atom is -0.399 e. The lowest BCUT2D eigenvalue weighted by Gasteiger charge is -2.33. The first kappa shape index (κ1) is 19.8. The maximum atomic E-state index is 13.5. The van der Waals surface area contributed by atoms with Crippen LogP contribution in [-0.2, 0) is 6.42 Å². The van der Waals surface area contributed by atoms with Gasteiger partial charge in [-0.05, 0) is 18.9 Å². The predicted octanol–water partition coefficient (Wildman–Crippen LogP) is 2.46. The van der Waals surface area contributed by atoms with Gasteiger partial charge < -0.3 is 19.2 Å². The zero-order valence-corrected chi connectivity index (χ0v) is 17.7. The molecule has 0 spiro atoms. The van der Waals surface area contributed by atoms with Gasteiger partial charge in [0.25, 0.3) is 0 Å². The highest BCUT2D eigenvalue weighted by molar-refractivity contribution is 5.90. The van der Waals surface area contributed by atoms with Crippen molar-refractivity contribution in [3.8, 4) is 0 Å². The van der Waals surface area contributed by atoms with Crippen LogP contribution in [0, 0.1) is 0 Å². The number of aromatic nitrogens is 6. The second-order valence-corrected chi connectivity index (χ2v) is 8.26. The summed E-state index contributed by atoms with van der Waals surface area (Å²) in [5.74, 6) is -0.0541.